The quantitative estimate of drug-likeness (QED) is 0.884. The number of benzene rings is 1. The van der Waals surface area contributed by atoms with Crippen molar-refractivity contribution in [3.05, 3.63) is 23.2 Å². The molecule has 0 bridgehead atoms. The smallest absolute Gasteiger partial charge is 0.227 e. The molecule has 1 unspecified atom stereocenters. The molecule has 1 aliphatic rings. The number of halogens is 1. The number of nitrogens with one attached hydrogen (secondary N) is 1. The molecule has 0 radical (unpaired) electrons. The third-order valence-electron chi connectivity index (χ3n) is 3.11. The lowest BCUT2D eigenvalue weighted by molar-refractivity contribution is -0.117. The van der Waals surface area contributed by atoms with E-state index in [0.29, 0.717) is 30.2 Å². The fourth-order valence-corrected chi connectivity index (χ4v) is 2.37. The lowest BCUT2D eigenvalue weighted by Crippen LogP contribution is -2.25. The zero-order chi connectivity index (χ0) is 14.0. The molecule has 1 aromatic rings. The first-order valence-electron chi connectivity index (χ1n) is 6.09. The number of nitrogens with zero attached hydrogens (tertiary/aromatic N) is 1. The summed E-state index contributed by atoms with van der Waals surface area (Å²) in [5, 5.41) is 3.04. The van der Waals surface area contributed by atoms with Gasteiger partial charge in [-0.25, -0.2) is 0 Å². The van der Waals surface area contributed by atoms with Gasteiger partial charge in [0, 0.05) is 25.6 Å². The minimum absolute atomic E-state index is 0.0544. The Balaban J connectivity index is 2.20. The van der Waals surface area contributed by atoms with Crippen LogP contribution in [0.1, 0.15) is 13.3 Å². The number of hydrogen-bond acceptors (Lipinski definition) is 3. The van der Waals surface area contributed by atoms with Crippen LogP contribution in [0.3, 0.4) is 0 Å². The maximum Gasteiger partial charge on any atom is 0.227 e. The third kappa shape index (κ3) is 3.05. The first-order chi connectivity index (χ1) is 9.01. The summed E-state index contributed by atoms with van der Waals surface area (Å²) in [6, 6.07) is 5.15. The van der Waals surface area contributed by atoms with Crippen LogP contribution in [0.5, 0.6) is 0 Å². The monoisotopic (exact) mass is 281 g/mol. The number of carbonyl (C=O) groups is 2. The molecule has 0 saturated carbocycles. The van der Waals surface area contributed by atoms with Gasteiger partial charge in [-0.05, 0) is 30.7 Å². The van der Waals surface area contributed by atoms with Gasteiger partial charge in [-0.15, -0.1) is 0 Å². The van der Waals surface area contributed by atoms with Gasteiger partial charge in [0.2, 0.25) is 11.8 Å². The summed E-state index contributed by atoms with van der Waals surface area (Å²) >= 11 is 6.09. The molecule has 1 fully saturated rings. The van der Waals surface area contributed by atoms with E-state index >= 15 is 0 Å². The van der Waals surface area contributed by atoms with Crippen LogP contribution < -0.4 is 16.0 Å². The van der Waals surface area contributed by atoms with Gasteiger partial charge in [0.15, 0.2) is 0 Å². The number of carbonyl (C=O) groups excluding carboxylic acids is 2. The van der Waals surface area contributed by atoms with Crippen molar-refractivity contribution in [2.75, 3.05) is 23.3 Å². The molecule has 0 aromatic heterocycles. The Labute approximate surface area is 116 Å². The molecule has 19 heavy (non-hydrogen) atoms. The summed E-state index contributed by atoms with van der Waals surface area (Å²) < 4.78 is 0. The average molecular weight is 282 g/mol. The fraction of sp³-hybridized carbons (Fsp3) is 0.385. The molecule has 1 heterocycles. The van der Waals surface area contributed by atoms with E-state index in [1.807, 2.05) is 0 Å². The third-order valence-corrected chi connectivity index (χ3v) is 3.43. The van der Waals surface area contributed by atoms with Crippen molar-refractivity contribution in [1.82, 2.24) is 0 Å². The highest BCUT2D eigenvalue weighted by molar-refractivity contribution is 6.34. The number of amides is 2. The predicted molar refractivity (Wildman–Crippen MR) is 75.3 cm³/mol. The zero-order valence-corrected chi connectivity index (χ0v) is 11.4. The van der Waals surface area contributed by atoms with Crippen molar-refractivity contribution in [2.45, 2.75) is 13.3 Å². The summed E-state index contributed by atoms with van der Waals surface area (Å²) in [7, 11) is 0. The number of nitrogens with two attached hydrogens (primary N) is 1. The first-order valence-corrected chi connectivity index (χ1v) is 6.46. The van der Waals surface area contributed by atoms with Crippen LogP contribution in [-0.4, -0.2) is 24.9 Å². The Morgan fingerprint density at radius 3 is 2.84 bits per heavy atom. The summed E-state index contributed by atoms with van der Waals surface area (Å²) in [5.74, 6) is 0.0650. The second kappa shape index (κ2) is 5.59. The molecular weight excluding hydrogens is 266 g/mol. The minimum atomic E-state index is -0.185. The van der Waals surface area contributed by atoms with Crippen LogP contribution in [0.4, 0.5) is 11.4 Å². The van der Waals surface area contributed by atoms with E-state index in [1.165, 1.54) is 6.92 Å². The number of anilines is 2. The van der Waals surface area contributed by atoms with Crippen LogP contribution >= 0.6 is 11.6 Å². The van der Waals surface area contributed by atoms with Crippen LogP contribution in [0.2, 0.25) is 5.02 Å². The van der Waals surface area contributed by atoms with Gasteiger partial charge in [-0.1, -0.05) is 11.6 Å². The summed E-state index contributed by atoms with van der Waals surface area (Å²) in [4.78, 5) is 24.5. The molecule has 2 amide bonds. The van der Waals surface area contributed by atoms with Gasteiger partial charge in [-0.2, -0.15) is 0 Å². The van der Waals surface area contributed by atoms with Gasteiger partial charge >= 0.3 is 0 Å². The Hall–Kier alpha value is -1.59. The summed E-state index contributed by atoms with van der Waals surface area (Å²) in [5.41, 5.74) is 6.87. The summed E-state index contributed by atoms with van der Waals surface area (Å²) in [6.07, 6.45) is 0.474. The molecule has 1 atom stereocenters. The van der Waals surface area contributed by atoms with Gasteiger partial charge in [0.1, 0.15) is 0 Å². The Bertz CT molecular complexity index is 519. The lowest BCUT2D eigenvalue weighted by Gasteiger charge is -2.18. The summed E-state index contributed by atoms with van der Waals surface area (Å²) in [6.45, 7) is 2.53. The Morgan fingerprint density at radius 1 is 1.58 bits per heavy atom. The topological polar surface area (TPSA) is 75.4 Å². The first kappa shape index (κ1) is 13.8. The Kier molecular flexibility index (Phi) is 4.07. The normalized spacial score (nSPS) is 18.8. The molecule has 102 valence electrons. The van der Waals surface area contributed by atoms with Gasteiger partial charge < -0.3 is 16.0 Å². The minimum Gasteiger partial charge on any atom is -0.330 e. The second-order valence-electron chi connectivity index (χ2n) is 4.66. The molecule has 2 rings (SSSR count). The maximum atomic E-state index is 11.9. The number of rotatable bonds is 3. The molecule has 1 aromatic carbocycles. The molecule has 5 nitrogen and oxygen atoms in total. The lowest BCUT2D eigenvalue weighted by atomic mass is 10.1. The average Bonchev–Trinajstić information content (AvgIpc) is 2.73. The standard InChI is InChI=1S/C13H16ClN3O2/c1-8(18)16-12-3-2-10(5-11(12)14)17-7-9(6-15)4-13(17)19/h2-3,5,9H,4,6-7,15H2,1H3,(H,16,18). The maximum absolute atomic E-state index is 11.9. The van der Waals surface area contributed by atoms with E-state index in [2.05, 4.69) is 5.32 Å². The van der Waals surface area contributed by atoms with E-state index in [1.54, 1.807) is 23.1 Å². The van der Waals surface area contributed by atoms with Gasteiger partial charge in [0.25, 0.3) is 0 Å². The SMILES string of the molecule is CC(=O)Nc1ccc(N2CC(CN)CC2=O)cc1Cl. The van der Waals surface area contributed by atoms with E-state index in [0.717, 1.165) is 5.69 Å². The molecule has 0 spiro atoms. The van der Waals surface area contributed by atoms with Crippen molar-refractivity contribution in [3.63, 3.8) is 0 Å². The van der Waals surface area contributed by atoms with Crippen molar-refractivity contribution in [3.8, 4) is 0 Å². The van der Waals surface area contributed by atoms with Crippen molar-refractivity contribution >= 4 is 34.8 Å². The van der Waals surface area contributed by atoms with Crippen LogP contribution in [0, 0.1) is 5.92 Å². The van der Waals surface area contributed by atoms with Crippen LogP contribution in [0.25, 0.3) is 0 Å². The molecule has 3 N–H and O–H groups in total. The van der Waals surface area contributed by atoms with Crippen molar-refractivity contribution in [1.29, 1.82) is 0 Å². The Morgan fingerprint density at radius 2 is 2.32 bits per heavy atom. The largest absolute Gasteiger partial charge is 0.330 e. The van der Waals surface area contributed by atoms with Crippen molar-refractivity contribution < 1.29 is 9.59 Å². The molecular formula is C13H16ClN3O2. The van der Waals surface area contributed by atoms with Crippen LogP contribution in [-0.2, 0) is 9.59 Å². The van der Waals surface area contributed by atoms with E-state index in [4.69, 9.17) is 17.3 Å². The molecule has 6 heteroatoms. The van der Waals surface area contributed by atoms with Gasteiger partial charge in [-0.3, -0.25) is 9.59 Å². The van der Waals surface area contributed by atoms with E-state index in [9.17, 15) is 9.59 Å². The second-order valence-corrected chi connectivity index (χ2v) is 5.06. The van der Waals surface area contributed by atoms with Crippen LogP contribution in [0.15, 0.2) is 18.2 Å². The highest BCUT2D eigenvalue weighted by Crippen LogP contribution is 2.31. The molecule has 1 saturated heterocycles. The van der Waals surface area contributed by atoms with E-state index < -0.39 is 0 Å². The highest BCUT2D eigenvalue weighted by atomic mass is 35.5. The highest BCUT2D eigenvalue weighted by Gasteiger charge is 2.29. The van der Waals surface area contributed by atoms with Crippen molar-refractivity contribution in [2.24, 2.45) is 11.7 Å². The molecule has 1 aliphatic heterocycles. The molecule has 0 aliphatic carbocycles. The van der Waals surface area contributed by atoms with Gasteiger partial charge in [0.05, 0.1) is 10.7 Å². The zero-order valence-electron chi connectivity index (χ0n) is 10.6. The fourth-order valence-electron chi connectivity index (χ4n) is 2.15. The van der Waals surface area contributed by atoms with E-state index in [-0.39, 0.29) is 17.7 Å². The predicted octanol–water partition coefficient (Wildman–Crippen LogP) is 1.61. The number of hydrogen-bond donors (Lipinski definition) is 2.